The normalized spacial score (nSPS) is 12.1. The van der Waals surface area contributed by atoms with E-state index in [0.717, 1.165) is 16.1 Å². The van der Waals surface area contributed by atoms with Crippen LogP contribution in [0, 0.1) is 0 Å². The molecular formula is C21H26ClN3O4S. The monoisotopic (exact) mass is 451 g/mol. The summed E-state index contributed by atoms with van der Waals surface area (Å²) in [6.07, 6.45) is 1.01. The predicted octanol–water partition coefficient (Wildman–Crippen LogP) is 2.66. The van der Waals surface area contributed by atoms with Gasteiger partial charge in [-0.05, 0) is 31.5 Å². The van der Waals surface area contributed by atoms with Crippen molar-refractivity contribution in [2.24, 2.45) is 0 Å². The van der Waals surface area contributed by atoms with Crippen molar-refractivity contribution in [2.45, 2.75) is 26.4 Å². The molecule has 0 unspecified atom stereocenters. The molecule has 2 aromatic carbocycles. The molecule has 7 nitrogen and oxygen atoms in total. The zero-order valence-electron chi connectivity index (χ0n) is 17.2. The number of nitrogens with zero attached hydrogens (tertiary/aromatic N) is 2. The van der Waals surface area contributed by atoms with Crippen molar-refractivity contribution in [3.8, 4) is 0 Å². The van der Waals surface area contributed by atoms with Gasteiger partial charge in [-0.3, -0.25) is 13.9 Å². The fourth-order valence-electron chi connectivity index (χ4n) is 2.93. The number of hydrogen-bond donors (Lipinski definition) is 1. The third-order valence-electron chi connectivity index (χ3n) is 4.51. The molecule has 1 N–H and O–H groups in total. The van der Waals surface area contributed by atoms with Gasteiger partial charge in [0.25, 0.3) is 0 Å². The number of nitrogens with one attached hydrogen (secondary N) is 1. The second-order valence-corrected chi connectivity index (χ2v) is 9.11. The second-order valence-electron chi connectivity index (χ2n) is 6.80. The van der Waals surface area contributed by atoms with E-state index in [1.165, 1.54) is 11.0 Å². The number of halogens is 1. The molecule has 1 atom stereocenters. The Kier molecular flexibility index (Phi) is 8.25. The van der Waals surface area contributed by atoms with Crippen LogP contribution in [0.3, 0.4) is 0 Å². The van der Waals surface area contributed by atoms with Gasteiger partial charge in [0.2, 0.25) is 21.8 Å². The third-order valence-corrected chi connectivity index (χ3v) is 5.96. The molecule has 0 spiro atoms. The summed E-state index contributed by atoms with van der Waals surface area (Å²) in [4.78, 5) is 27.0. The molecule has 0 saturated heterocycles. The lowest BCUT2D eigenvalue weighted by Crippen LogP contribution is -2.51. The van der Waals surface area contributed by atoms with Crippen LogP contribution < -0.4 is 9.62 Å². The molecule has 162 valence electrons. The van der Waals surface area contributed by atoms with E-state index in [9.17, 15) is 18.0 Å². The van der Waals surface area contributed by atoms with Crippen molar-refractivity contribution in [1.82, 2.24) is 10.2 Å². The minimum Gasteiger partial charge on any atom is -0.355 e. The number of para-hydroxylation sites is 1. The average molecular weight is 452 g/mol. The maximum Gasteiger partial charge on any atom is 0.244 e. The van der Waals surface area contributed by atoms with E-state index < -0.39 is 28.5 Å². The molecule has 2 rings (SSSR count). The number of carbonyl (C=O) groups excluding carboxylic acids is 2. The first-order chi connectivity index (χ1) is 14.1. The number of amides is 2. The Morgan fingerprint density at radius 1 is 1.07 bits per heavy atom. The van der Waals surface area contributed by atoms with Gasteiger partial charge in [0, 0.05) is 13.1 Å². The first-order valence-corrected chi connectivity index (χ1v) is 11.7. The molecule has 0 aliphatic rings. The number of likely N-dealkylation sites (N-methyl/N-ethyl adjacent to an activating group) is 1. The summed E-state index contributed by atoms with van der Waals surface area (Å²) < 4.78 is 25.8. The Hall–Kier alpha value is -2.58. The lowest BCUT2D eigenvalue weighted by molar-refractivity contribution is -0.139. The highest BCUT2D eigenvalue weighted by Gasteiger charge is 2.30. The summed E-state index contributed by atoms with van der Waals surface area (Å²) in [5.41, 5.74) is 1.03. The zero-order chi connectivity index (χ0) is 22.3. The molecule has 2 amide bonds. The van der Waals surface area contributed by atoms with Gasteiger partial charge in [-0.25, -0.2) is 8.42 Å². The lowest BCUT2D eigenvalue weighted by atomic mass is 10.1. The molecule has 0 saturated carbocycles. The number of rotatable bonds is 9. The fraction of sp³-hybridized carbons (Fsp3) is 0.333. The Morgan fingerprint density at radius 3 is 2.23 bits per heavy atom. The number of hydrogen-bond acceptors (Lipinski definition) is 4. The van der Waals surface area contributed by atoms with Crippen LogP contribution in [0.25, 0.3) is 0 Å². The van der Waals surface area contributed by atoms with Crippen molar-refractivity contribution in [3.63, 3.8) is 0 Å². The molecule has 2 aromatic rings. The van der Waals surface area contributed by atoms with E-state index in [0.29, 0.717) is 6.54 Å². The van der Waals surface area contributed by atoms with Crippen LogP contribution in [0.4, 0.5) is 5.69 Å². The maximum absolute atomic E-state index is 13.2. The van der Waals surface area contributed by atoms with Crippen molar-refractivity contribution >= 4 is 39.1 Å². The molecule has 0 fully saturated rings. The number of carbonyl (C=O) groups is 2. The van der Waals surface area contributed by atoms with Crippen LogP contribution in [-0.2, 0) is 26.2 Å². The standard InChI is InChI=1S/C21H26ClN3O4S/c1-4-23-21(27)16(2)24(14-17-10-6-5-7-11-17)20(26)15-25(30(3,28)29)19-13-9-8-12-18(19)22/h5-13,16H,4,14-15H2,1-3H3,(H,23,27)/t16-/m0/s1. The number of sulfonamides is 1. The van der Waals surface area contributed by atoms with E-state index in [1.54, 1.807) is 32.0 Å². The average Bonchev–Trinajstić information content (AvgIpc) is 2.70. The van der Waals surface area contributed by atoms with Crippen LogP contribution in [0.15, 0.2) is 54.6 Å². The highest BCUT2D eigenvalue weighted by molar-refractivity contribution is 7.92. The smallest absolute Gasteiger partial charge is 0.244 e. The topological polar surface area (TPSA) is 86.8 Å². The minimum absolute atomic E-state index is 0.165. The first kappa shape index (κ1) is 23.7. The maximum atomic E-state index is 13.2. The fourth-order valence-corrected chi connectivity index (χ4v) is 4.08. The SMILES string of the molecule is CCNC(=O)[C@H](C)N(Cc1ccccc1)C(=O)CN(c1ccccc1Cl)S(C)(=O)=O. The van der Waals surface area contributed by atoms with E-state index in [-0.39, 0.29) is 23.2 Å². The van der Waals surface area contributed by atoms with E-state index in [1.807, 2.05) is 30.3 Å². The second kappa shape index (κ2) is 10.4. The number of anilines is 1. The van der Waals surface area contributed by atoms with Gasteiger partial charge in [0.15, 0.2) is 0 Å². The molecular weight excluding hydrogens is 426 g/mol. The predicted molar refractivity (Wildman–Crippen MR) is 119 cm³/mol. The van der Waals surface area contributed by atoms with Crippen molar-refractivity contribution in [3.05, 3.63) is 65.2 Å². The summed E-state index contributed by atoms with van der Waals surface area (Å²) in [7, 11) is -3.80. The zero-order valence-corrected chi connectivity index (χ0v) is 18.8. The molecule has 0 radical (unpaired) electrons. The highest BCUT2D eigenvalue weighted by atomic mass is 35.5. The summed E-state index contributed by atoms with van der Waals surface area (Å²) in [6, 6.07) is 14.8. The Balaban J connectivity index is 2.37. The molecule has 30 heavy (non-hydrogen) atoms. The third kappa shape index (κ3) is 6.21. The van der Waals surface area contributed by atoms with Gasteiger partial charge in [0.1, 0.15) is 12.6 Å². The van der Waals surface area contributed by atoms with Gasteiger partial charge >= 0.3 is 0 Å². The Morgan fingerprint density at radius 2 is 1.67 bits per heavy atom. The van der Waals surface area contributed by atoms with E-state index in [2.05, 4.69) is 5.32 Å². The van der Waals surface area contributed by atoms with Crippen LogP contribution in [-0.4, -0.2) is 50.5 Å². The van der Waals surface area contributed by atoms with E-state index >= 15 is 0 Å². The van der Waals surface area contributed by atoms with Crippen LogP contribution in [0.1, 0.15) is 19.4 Å². The van der Waals surface area contributed by atoms with Crippen LogP contribution in [0.5, 0.6) is 0 Å². The summed E-state index contributed by atoms with van der Waals surface area (Å²) in [5.74, 6) is -0.826. The Labute approximate surface area is 182 Å². The first-order valence-electron chi connectivity index (χ1n) is 9.48. The minimum atomic E-state index is -3.80. The number of benzene rings is 2. The molecule has 0 heterocycles. The van der Waals surface area contributed by atoms with Crippen molar-refractivity contribution in [2.75, 3.05) is 23.7 Å². The van der Waals surface area contributed by atoms with Crippen LogP contribution in [0.2, 0.25) is 5.02 Å². The quantitative estimate of drug-likeness (QED) is 0.635. The molecule has 0 aliphatic heterocycles. The van der Waals surface area contributed by atoms with Crippen molar-refractivity contribution in [1.29, 1.82) is 0 Å². The lowest BCUT2D eigenvalue weighted by Gasteiger charge is -2.31. The van der Waals surface area contributed by atoms with Gasteiger partial charge in [0.05, 0.1) is 17.0 Å². The molecule has 0 bridgehead atoms. The molecule has 9 heteroatoms. The summed E-state index contributed by atoms with van der Waals surface area (Å²) in [6.45, 7) is 3.52. The van der Waals surface area contributed by atoms with Gasteiger partial charge < -0.3 is 10.2 Å². The van der Waals surface area contributed by atoms with Gasteiger partial charge in [-0.1, -0.05) is 54.1 Å². The highest BCUT2D eigenvalue weighted by Crippen LogP contribution is 2.27. The Bertz CT molecular complexity index is 983. The van der Waals surface area contributed by atoms with Gasteiger partial charge in [-0.2, -0.15) is 0 Å². The molecule has 0 aliphatic carbocycles. The summed E-state index contributed by atoms with van der Waals surface area (Å²) >= 11 is 6.18. The largest absolute Gasteiger partial charge is 0.355 e. The summed E-state index contributed by atoms with van der Waals surface area (Å²) in [5, 5.41) is 2.92. The van der Waals surface area contributed by atoms with Crippen LogP contribution >= 0.6 is 11.6 Å². The van der Waals surface area contributed by atoms with E-state index in [4.69, 9.17) is 11.6 Å². The van der Waals surface area contributed by atoms with Gasteiger partial charge in [-0.15, -0.1) is 0 Å². The van der Waals surface area contributed by atoms with Crippen molar-refractivity contribution < 1.29 is 18.0 Å². The molecule has 0 aromatic heterocycles.